The molecule has 1 heterocycles. The number of nitrogens with two attached hydrogens (primary N) is 1. The first kappa shape index (κ1) is 14.8. The van der Waals surface area contributed by atoms with Crippen LogP contribution in [-0.2, 0) is 4.79 Å². The highest BCUT2D eigenvalue weighted by atomic mass is 16.2. The Bertz CT molecular complexity index is 335. The molecule has 1 aliphatic heterocycles. The number of hydrogen-bond acceptors (Lipinski definition) is 3. The van der Waals surface area contributed by atoms with Gasteiger partial charge < -0.3 is 16.4 Å². The lowest BCUT2D eigenvalue weighted by Crippen LogP contribution is -2.62. The molecule has 2 atom stereocenters. The van der Waals surface area contributed by atoms with E-state index in [1.54, 1.807) is 0 Å². The lowest BCUT2D eigenvalue weighted by molar-refractivity contribution is -0.126. The number of rotatable bonds is 2. The minimum atomic E-state index is 0.0288. The molecule has 0 aromatic carbocycles. The zero-order valence-corrected chi connectivity index (χ0v) is 12.8. The van der Waals surface area contributed by atoms with Crippen LogP contribution in [0.4, 0.5) is 0 Å². The van der Waals surface area contributed by atoms with Gasteiger partial charge in [0.2, 0.25) is 5.91 Å². The van der Waals surface area contributed by atoms with E-state index in [1.165, 1.54) is 0 Å². The molecule has 19 heavy (non-hydrogen) atoms. The third kappa shape index (κ3) is 3.69. The van der Waals surface area contributed by atoms with Crippen molar-refractivity contribution in [2.24, 2.45) is 11.7 Å². The summed E-state index contributed by atoms with van der Waals surface area (Å²) in [6.07, 6.45) is 4.97. The van der Waals surface area contributed by atoms with Gasteiger partial charge in [-0.1, -0.05) is 6.42 Å². The van der Waals surface area contributed by atoms with Gasteiger partial charge in [0.1, 0.15) is 0 Å². The van der Waals surface area contributed by atoms with Crippen molar-refractivity contribution in [2.75, 3.05) is 0 Å². The molecule has 1 aliphatic carbocycles. The fourth-order valence-electron chi connectivity index (χ4n) is 4.05. The molecule has 0 aromatic rings. The van der Waals surface area contributed by atoms with Crippen LogP contribution >= 0.6 is 0 Å². The highest BCUT2D eigenvalue weighted by Gasteiger charge is 2.39. The van der Waals surface area contributed by atoms with Gasteiger partial charge >= 0.3 is 0 Å². The third-order valence-corrected chi connectivity index (χ3v) is 4.44. The highest BCUT2D eigenvalue weighted by Crippen LogP contribution is 2.30. The fraction of sp³-hybridized carbons (Fsp3) is 0.933. The summed E-state index contributed by atoms with van der Waals surface area (Å²) in [6.45, 7) is 8.81. The SMILES string of the molecule is CC1(C)CC(NC(=O)C2CCCC2N)CC(C)(C)N1. The van der Waals surface area contributed by atoms with Gasteiger partial charge in [-0.25, -0.2) is 0 Å². The molecule has 1 amide bonds. The second-order valence-electron chi connectivity index (χ2n) is 7.71. The molecule has 0 spiro atoms. The predicted octanol–water partition coefficient (Wildman–Crippen LogP) is 1.54. The minimum Gasteiger partial charge on any atom is -0.353 e. The maximum Gasteiger partial charge on any atom is 0.224 e. The van der Waals surface area contributed by atoms with Crippen molar-refractivity contribution in [1.29, 1.82) is 0 Å². The van der Waals surface area contributed by atoms with Crippen LogP contribution in [0.3, 0.4) is 0 Å². The largest absolute Gasteiger partial charge is 0.353 e. The molecule has 0 bridgehead atoms. The molecule has 4 heteroatoms. The lowest BCUT2D eigenvalue weighted by atomic mass is 9.79. The van der Waals surface area contributed by atoms with Crippen LogP contribution in [0.25, 0.3) is 0 Å². The van der Waals surface area contributed by atoms with Crippen molar-refractivity contribution in [1.82, 2.24) is 10.6 Å². The van der Waals surface area contributed by atoms with Crippen LogP contribution in [0, 0.1) is 5.92 Å². The van der Waals surface area contributed by atoms with Crippen molar-refractivity contribution in [3.63, 3.8) is 0 Å². The van der Waals surface area contributed by atoms with Crippen LogP contribution in [-0.4, -0.2) is 29.1 Å². The number of carbonyl (C=O) groups excluding carboxylic acids is 1. The standard InChI is InChI=1S/C15H29N3O/c1-14(2)8-10(9-15(3,4)18-14)17-13(19)11-6-5-7-12(11)16/h10-12,18H,5-9,16H2,1-4H3,(H,17,19). The first-order valence-corrected chi connectivity index (χ1v) is 7.54. The normalized spacial score (nSPS) is 34.2. The van der Waals surface area contributed by atoms with Crippen molar-refractivity contribution in [3.05, 3.63) is 0 Å². The Balaban J connectivity index is 1.96. The summed E-state index contributed by atoms with van der Waals surface area (Å²) >= 11 is 0. The summed E-state index contributed by atoms with van der Waals surface area (Å²) in [6, 6.07) is 0.314. The molecule has 2 rings (SSSR count). The highest BCUT2D eigenvalue weighted by molar-refractivity contribution is 5.80. The number of hydrogen-bond donors (Lipinski definition) is 3. The number of amides is 1. The van der Waals surface area contributed by atoms with Gasteiger partial charge in [0.25, 0.3) is 0 Å². The van der Waals surface area contributed by atoms with Gasteiger partial charge in [-0.3, -0.25) is 4.79 Å². The van der Waals surface area contributed by atoms with Crippen molar-refractivity contribution >= 4 is 5.91 Å². The van der Waals surface area contributed by atoms with Gasteiger partial charge in [0.15, 0.2) is 0 Å². The van der Waals surface area contributed by atoms with Gasteiger partial charge in [-0.15, -0.1) is 0 Å². The van der Waals surface area contributed by atoms with E-state index in [9.17, 15) is 4.79 Å². The molecule has 0 radical (unpaired) electrons. The van der Waals surface area contributed by atoms with Gasteiger partial charge in [-0.2, -0.15) is 0 Å². The lowest BCUT2D eigenvalue weighted by Gasteiger charge is -2.46. The molecule has 110 valence electrons. The summed E-state index contributed by atoms with van der Waals surface area (Å²) < 4.78 is 0. The van der Waals surface area contributed by atoms with Crippen molar-refractivity contribution in [2.45, 2.75) is 83.0 Å². The number of nitrogens with one attached hydrogen (secondary N) is 2. The summed E-state index contributed by atoms with van der Waals surface area (Å²) in [7, 11) is 0. The molecular weight excluding hydrogens is 238 g/mol. The molecule has 0 aromatic heterocycles. The van der Waals surface area contributed by atoms with Crippen LogP contribution in [0.2, 0.25) is 0 Å². The Hall–Kier alpha value is -0.610. The van der Waals surface area contributed by atoms with Crippen LogP contribution < -0.4 is 16.4 Å². The summed E-state index contributed by atoms with van der Waals surface area (Å²) in [5.41, 5.74) is 6.15. The predicted molar refractivity (Wildman–Crippen MR) is 77.8 cm³/mol. The smallest absolute Gasteiger partial charge is 0.224 e. The van der Waals surface area contributed by atoms with Crippen molar-refractivity contribution in [3.8, 4) is 0 Å². The summed E-state index contributed by atoms with van der Waals surface area (Å²) in [4.78, 5) is 12.3. The Morgan fingerprint density at radius 2 is 1.74 bits per heavy atom. The average Bonchev–Trinajstić information content (AvgIpc) is 2.58. The monoisotopic (exact) mass is 267 g/mol. The fourth-order valence-corrected chi connectivity index (χ4v) is 4.05. The Labute approximate surface area is 116 Å². The number of carbonyl (C=O) groups is 1. The molecule has 4 nitrogen and oxygen atoms in total. The molecule has 1 saturated heterocycles. The zero-order chi connectivity index (χ0) is 14.3. The molecule has 2 fully saturated rings. The topological polar surface area (TPSA) is 67.2 Å². The Morgan fingerprint density at radius 3 is 2.21 bits per heavy atom. The molecule has 2 unspecified atom stereocenters. The minimum absolute atomic E-state index is 0.0288. The maximum absolute atomic E-state index is 12.3. The van der Waals surface area contributed by atoms with Crippen LogP contribution in [0.15, 0.2) is 0 Å². The molecule has 1 saturated carbocycles. The summed E-state index contributed by atoms with van der Waals surface area (Å²) in [5, 5.41) is 6.88. The van der Waals surface area contributed by atoms with E-state index in [2.05, 4.69) is 38.3 Å². The van der Waals surface area contributed by atoms with Gasteiger partial charge in [-0.05, 0) is 53.4 Å². The van der Waals surface area contributed by atoms with Crippen LogP contribution in [0.5, 0.6) is 0 Å². The van der Waals surface area contributed by atoms with Gasteiger partial charge in [0.05, 0.1) is 5.92 Å². The maximum atomic E-state index is 12.3. The van der Waals surface area contributed by atoms with E-state index in [-0.39, 0.29) is 35.0 Å². The average molecular weight is 267 g/mol. The zero-order valence-electron chi connectivity index (χ0n) is 12.8. The summed E-state index contributed by atoms with van der Waals surface area (Å²) in [5.74, 6) is 0.199. The van der Waals surface area contributed by atoms with E-state index >= 15 is 0 Å². The Kier molecular flexibility index (Phi) is 3.94. The first-order chi connectivity index (χ1) is 8.69. The third-order valence-electron chi connectivity index (χ3n) is 4.44. The van der Waals surface area contributed by atoms with E-state index in [1.807, 2.05) is 0 Å². The van der Waals surface area contributed by atoms with Crippen molar-refractivity contribution < 1.29 is 4.79 Å². The van der Waals surface area contributed by atoms with Gasteiger partial charge in [0, 0.05) is 23.2 Å². The van der Waals surface area contributed by atoms with E-state index in [0.29, 0.717) is 0 Å². The first-order valence-electron chi connectivity index (χ1n) is 7.54. The molecule has 4 N–H and O–H groups in total. The van der Waals surface area contributed by atoms with E-state index in [4.69, 9.17) is 5.73 Å². The van der Waals surface area contributed by atoms with E-state index in [0.717, 1.165) is 32.1 Å². The molecule has 2 aliphatic rings. The second kappa shape index (κ2) is 5.06. The second-order valence-corrected chi connectivity index (χ2v) is 7.71. The molecular formula is C15H29N3O. The van der Waals surface area contributed by atoms with E-state index < -0.39 is 0 Å². The Morgan fingerprint density at radius 1 is 1.16 bits per heavy atom. The quantitative estimate of drug-likeness (QED) is 0.711. The van der Waals surface area contributed by atoms with Crippen LogP contribution in [0.1, 0.15) is 59.8 Å². The number of piperidine rings is 1.